The number of carbonyl (C=O) groups excluding carboxylic acids is 2. The molecule has 1 rings (SSSR count). The van der Waals surface area contributed by atoms with Gasteiger partial charge in [0.2, 0.25) is 0 Å². The summed E-state index contributed by atoms with van der Waals surface area (Å²) < 4.78 is 22.0. The average molecular weight is 659 g/mol. The zero-order valence-electron chi connectivity index (χ0n) is 28.8. The lowest BCUT2D eigenvalue weighted by molar-refractivity contribution is -0.305. The maximum absolute atomic E-state index is 12.6. The van der Waals surface area contributed by atoms with Gasteiger partial charge < -0.3 is 39.4 Å². The van der Waals surface area contributed by atoms with E-state index in [0.717, 1.165) is 57.8 Å². The number of hydrogen-bond acceptors (Lipinski definition) is 10. The number of aliphatic hydroxyl groups is 4. The Kier molecular flexibility index (Phi) is 26.3. The molecule has 0 radical (unpaired) electrons. The summed E-state index contributed by atoms with van der Waals surface area (Å²) in [5.41, 5.74) is 0. The highest BCUT2D eigenvalue weighted by Gasteiger charge is 2.44. The molecular weight excluding hydrogens is 592 g/mol. The molecule has 270 valence electrons. The van der Waals surface area contributed by atoms with Crippen LogP contribution in [0.5, 0.6) is 0 Å². The molecule has 0 aromatic carbocycles. The molecule has 46 heavy (non-hydrogen) atoms. The molecule has 0 bridgehead atoms. The molecule has 10 nitrogen and oxygen atoms in total. The topological polar surface area (TPSA) is 152 Å². The Labute approximate surface area is 278 Å². The van der Waals surface area contributed by atoms with Crippen molar-refractivity contribution in [1.82, 2.24) is 0 Å². The lowest BCUT2D eigenvalue weighted by Crippen LogP contribution is -2.59. The van der Waals surface area contributed by atoms with E-state index < -0.39 is 49.4 Å². The molecule has 10 heteroatoms. The van der Waals surface area contributed by atoms with Crippen molar-refractivity contribution in [2.24, 2.45) is 0 Å². The van der Waals surface area contributed by atoms with Gasteiger partial charge in [-0.25, -0.2) is 0 Å². The zero-order chi connectivity index (χ0) is 33.8. The molecule has 0 amide bonds. The van der Waals surface area contributed by atoms with Crippen LogP contribution in [0.4, 0.5) is 0 Å². The summed E-state index contributed by atoms with van der Waals surface area (Å²) >= 11 is 0. The fourth-order valence-electron chi connectivity index (χ4n) is 5.40. The van der Waals surface area contributed by atoms with E-state index in [1.165, 1.54) is 57.8 Å². The first-order valence-electron chi connectivity index (χ1n) is 18.3. The zero-order valence-corrected chi connectivity index (χ0v) is 28.8. The van der Waals surface area contributed by atoms with Crippen LogP contribution in [0.1, 0.15) is 149 Å². The number of allylic oxidation sites excluding steroid dienone is 2. The first-order chi connectivity index (χ1) is 22.3. The van der Waals surface area contributed by atoms with Gasteiger partial charge in [-0.15, -0.1) is 0 Å². The van der Waals surface area contributed by atoms with Crippen molar-refractivity contribution < 1.29 is 49.0 Å². The third-order valence-corrected chi connectivity index (χ3v) is 8.40. The van der Waals surface area contributed by atoms with Gasteiger partial charge in [0, 0.05) is 12.8 Å². The summed E-state index contributed by atoms with van der Waals surface area (Å²) in [6, 6.07) is 0. The standard InChI is InChI=1S/C36H66O10/c1-3-5-7-9-11-13-15-17-19-21-23-25-32(39)45-29(28-44-36-35(42)34(41)33(40)30(26-37)46-36)27-43-31(38)24-22-20-18-16-14-12-10-8-6-4-2/h9,11,29-30,33-37,40-42H,3-8,10,12-28H2,1-2H3/b11-9+/t29-,30-,33+,34?,35?,36-/m1/s1. The minimum Gasteiger partial charge on any atom is -0.462 e. The monoisotopic (exact) mass is 658 g/mol. The highest BCUT2D eigenvalue weighted by Crippen LogP contribution is 2.22. The van der Waals surface area contributed by atoms with E-state index in [1.807, 2.05) is 0 Å². The van der Waals surface area contributed by atoms with Crippen molar-refractivity contribution in [3.05, 3.63) is 12.2 Å². The highest BCUT2D eigenvalue weighted by atomic mass is 16.7. The summed E-state index contributed by atoms with van der Waals surface area (Å²) in [6.45, 7) is 3.33. The van der Waals surface area contributed by atoms with Gasteiger partial charge in [-0.3, -0.25) is 9.59 Å². The minimum atomic E-state index is -1.59. The van der Waals surface area contributed by atoms with Gasteiger partial charge in [0.1, 0.15) is 31.0 Å². The van der Waals surface area contributed by atoms with Crippen LogP contribution in [0, 0.1) is 0 Å². The Morgan fingerprint density at radius 3 is 1.76 bits per heavy atom. The van der Waals surface area contributed by atoms with E-state index >= 15 is 0 Å². The van der Waals surface area contributed by atoms with E-state index in [-0.39, 0.29) is 32.0 Å². The molecule has 4 N–H and O–H groups in total. The van der Waals surface area contributed by atoms with Crippen LogP contribution in [0.15, 0.2) is 12.2 Å². The highest BCUT2D eigenvalue weighted by molar-refractivity contribution is 5.70. The molecular formula is C36H66O10. The Bertz CT molecular complexity index is 774. The third-order valence-electron chi connectivity index (χ3n) is 8.40. The lowest BCUT2D eigenvalue weighted by Gasteiger charge is -2.39. The van der Waals surface area contributed by atoms with Gasteiger partial charge in [-0.1, -0.05) is 116 Å². The molecule has 0 aromatic heterocycles. The van der Waals surface area contributed by atoms with Crippen LogP contribution in [-0.4, -0.2) is 89.0 Å². The van der Waals surface area contributed by atoms with Crippen LogP contribution in [0.25, 0.3) is 0 Å². The largest absolute Gasteiger partial charge is 0.462 e. The number of rotatable bonds is 29. The van der Waals surface area contributed by atoms with E-state index in [4.69, 9.17) is 18.9 Å². The fraction of sp³-hybridized carbons (Fsp3) is 0.889. The van der Waals surface area contributed by atoms with Gasteiger partial charge in [-0.2, -0.15) is 0 Å². The molecule has 1 aliphatic heterocycles. The maximum Gasteiger partial charge on any atom is 0.306 e. The molecule has 1 fully saturated rings. The second-order valence-corrected chi connectivity index (χ2v) is 12.7. The molecule has 1 aliphatic rings. The number of carbonyl (C=O) groups is 2. The van der Waals surface area contributed by atoms with Crippen molar-refractivity contribution >= 4 is 11.9 Å². The molecule has 2 unspecified atom stereocenters. The van der Waals surface area contributed by atoms with Gasteiger partial charge >= 0.3 is 11.9 Å². The van der Waals surface area contributed by atoms with E-state index in [9.17, 15) is 30.0 Å². The molecule has 0 aliphatic carbocycles. The number of unbranched alkanes of at least 4 members (excludes halogenated alkanes) is 16. The number of hydrogen-bond donors (Lipinski definition) is 4. The van der Waals surface area contributed by atoms with Crippen molar-refractivity contribution in [3.8, 4) is 0 Å². The first-order valence-corrected chi connectivity index (χ1v) is 18.3. The van der Waals surface area contributed by atoms with Crippen molar-refractivity contribution in [1.29, 1.82) is 0 Å². The second-order valence-electron chi connectivity index (χ2n) is 12.7. The predicted octanol–water partition coefficient (Wildman–Crippen LogP) is 6.05. The molecule has 1 saturated heterocycles. The predicted molar refractivity (Wildman–Crippen MR) is 178 cm³/mol. The van der Waals surface area contributed by atoms with Crippen LogP contribution < -0.4 is 0 Å². The average Bonchev–Trinajstić information content (AvgIpc) is 3.05. The van der Waals surface area contributed by atoms with Crippen LogP contribution in [0.3, 0.4) is 0 Å². The van der Waals surface area contributed by atoms with Crippen LogP contribution >= 0.6 is 0 Å². The Morgan fingerprint density at radius 2 is 1.17 bits per heavy atom. The van der Waals surface area contributed by atoms with Crippen molar-refractivity contribution in [2.45, 2.75) is 185 Å². The lowest BCUT2D eigenvalue weighted by atomic mass is 9.99. The summed E-state index contributed by atoms with van der Waals surface area (Å²) in [4.78, 5) is 25.0. The minimum absolute atomic E-state index is 0.217. The summed E-state index contributed by atoms with van der Waals surface area (Å²) in [5.74, 6) is -0.819. The van der Waals surface area contributed by atoms with E-state index in [1.54, 1.807) is 0 Å². The van der Waals surface area contributed by atoms with Gasteiger partial charge in [0.05, 0.1) is 13.2 Å². The Hall–Kier alpha value is -1.56. The van der Waals surface area contributed by atoms with Crippen molar-refractivity contribution in [3.63, 3.8) is 0 Å². The Balaban J connectivity index is 2.44. The quantitative estimate of drug-likeness (QED) is 0.0425. The number of esters is 2. The summed E-state index contributed by atoms with van der Waals surface area (Å²) in [7, 11) is 0. The molecule has 1 heterocycles. The molecule has 6 atom stereocenters. The summed E-state index contributed by atoms with van der Waals surface area (Å²) in [6.07, 6.45) is 18.0. The normalized spacial score (nSPS) is 22.3. The fourth-order valence-corrected chi connectivity index (χ4v) is 5.40. The number of ether oxygens (including phenoxy) is 4. The van der Waals surface area contributed by atoms with Gasteiger partial charge in [0.25, 0.3) is 0 Å². The van der Waals surface area contributed by atoms with Crippen LogP contribution in [-0.2, 0) is 28.5 Å². The van der Waals surface area contributed by atoms with Gasteiger partial charge in [0.15, 0.2) is 12.4 Å². The summed E-state index contributed by atoms with van der Waals surface area (Å²) in [5, 5.41) is 39.8. The van der Waals surface area contributed by atoms with E-state index in [0.29, 0.717) is 6.42 Å². The van der Waals surface area contributed by atoms with Gasteiger partial charge in [-0.05, 0) is 32.1 Å². The maximum atomic E-state index is 12.6. The third kappa shape index (κ3) is 20.6. The SMILES string of the molecule is CCCC/C=C/CCCCCCCC(=O)O[C@H](COC(=O)CCCCCCCCCCCC)CO[C@@H]1O[C@H](CO)[C@H](O)C(O)C1O. The van der Waals surface area contributed by atoms with Crippen molar-refractivity contribution in [2.75, 3.05) is 19.8 Å². The number of aliphatic hydroxyl groups excluding tert-OH is 4. The smallest absolute Gasteiger partial charge is 0.306 e. The molecule has 0 spiro atoms. The van der Waals surface area contributed by atoms with E-state index in [2.05, 4.69) is 26.0 Å². The molecule has 0 aromatic rings. The van der Waals surface area contributed by atoms with Crippen LogP contribution in [0.2, 0.25) is 0 Å². The first kappa shape index (κ1) is 42.5. The Morgan fingerprint density at radius 1 is 0.652 bits per heavy atom. The molecule has 0 saturated carbocycles. The second kappa shape index (κ2) is 28.5.